The number of guanidine groups is 1. The summed E-state index contributed by atoms with van der Waals surface area (Å²) in [5.74, 6) is 0.755. The van der Waals surface area contributed by atoms with Crippen LogP contribution in [0.3, 0.4) is 0 Å². The SMILES string of the molecule is CCCOCc1ccccc1CNC(=NC)NCc1ccccn1. The van der Waals surface area contributed by atoms with Crippen molar-refractivity contribution < 1.29 is 4.74 Å². The van der Waals surface area contributed by atoms with Crippen LogP contribution in [0, 0.1) is 0 Å². The predicted octanol–water partition coefficient (Wildman–Crippen LogP) is 2.87. The van der Waals surface area contributed by atoms with Crippen LogP contribution in [0.25, 0.3) is 0 Å². The van der Waals surface area contributed by atoms with E-state index in [0.29, 0.717) is 19.7 Å². The van der Waals surface area contributed by atoms with E-state index in [0.717, 1.165) is 24.7 Å². The molecule has 1 aromatic heterocycles. The lowest BCUT2D eigenvalue weighted by molar-refractivity contribution is 0.121. The molecule has 0 unspecified atom stereocenters. The van der Waals surface area contributed by atoms with Crippen molar-refractivity contribution in [3.63, 3.8) is 0 Å². The molecule has 0 fully saturated rings. The van der Waals surface area contributed by atoms with Crippen LogP contribution < -0.4 is 10.6 Å². The van der Waals surface area contributed by atoms with Crippen molar-refractivity contribution >= 4 is 5.96 Å². The van der Waals surface area contributed by atoms with Crippen LogP contribution in [0.4, 0.5) is 0 Å². The number of aliphatic imine (C=N–C) groups is 1. The van der Waals surface area contributed by atoms with Gasteiger partial charge in [0.15, 0.2) is 5.96 Å². The van der Waals surface area contributed by atoms with Gasteiger partial charge in [0.2, 0.25) is 0 Å². The Morgan fingerprint density at radius 3 is 2.50 bits per heavy atom. The average molecular weight is 326 g/mol. The Balaban J connectivity index is 1.86. The highest BCUT2D eigenvalue weighted by atomic mass is 16.5. The molecule has 24 heavy (non-hydrogen) atoms. The van der Waals surface area contributed by atoms with Gasteiger partial charge < -0.3 is 15.4 Å². The molecule has 0 aliphatic carbocycles. The molecule has 2 rings (SSSR count). The molecular weight excluding hydrogens is 300 g/mol. The van der Waals surface area contributed by atoms with Crippen LogP contribution in [0.5, 0.6) is 0 Å². The third-order valence-electron chi connectivity index (χ3n) is 3.56. The van der Waals surface area contributed by atoms with E-state index in [-0.39, 0.29) is 0 Å². The first-order chi connectivity index (χ1) is 11.8. The summed E-state index contributed by atoms with van der Waals surface area (Å²) in [6.45, 7) is 4.89. The molecule has 0 radical (unpaired) electrons. The molecule has 0 atom stereocenters. The highest BCUT2D eigenvalue weighted by Gasteiger charge is 2.04. The Morgan fingerprint density at radius 2 is 1.79 bits per heavy atom. The maximum absolute atomic E-state index is 5.67. The number of benzene rings is 1. The third-order valence-corrected chi connectivity index (χ3v) is 3.56. The summed E-state index contributed by atoms with van der Waals surface area (Å²) >= 11 is 0. The first kappa shape index (κ1) is 17.9. The molecular formula is C19H26N4O. The van der Waals surface area contributed by atoms with Gasteiger partial charge in [0.05, 0.1) is 18.8 Å². The summed E-state index contributed by atoms with van der Waals surface area (Å²) in [6, 6.07) is 14.2. The number of nitrogens with zero attached hydrogens (tertiary/aromatic N) is 2. The number of aromatic nitrogens is 1. The van der Waals surface area contributed by atoms with E-state index in [1.807, 2.05) is 30.3 Å². The summed E-state index contributed by atoms with van der Waals surface area (Å²) in [6.07, 6.45) is 2.82. The summed E-state index contributed by atoms with van der Waals surface area (Å²) in [4.78, 5) is 8.56. The first-order valence-electron chi connectivity index (χ1n) is 8.32. The molecule has 5 heteroatoms. The fraction of sp³-hybridized carbons (Fsp3) is 0.368. The minimum Gasteiger partial charge on any atom is -0.377 e. The standard InChI is InChI=1S/C19H26N4O/c1-3-12-24-15-17-9-5-4-8-16(17)13-22-19(20-2)23-14-18-10-6-7-11-21-18/h4-11H,3,12-15H2,1-2H3,(H2,20,22,23). The van der Waals surface area contributed by atoms with Crippen molar-refractivity contribution in [2.75, 3.05) is 13.7 Å². The van der Waals surface area contributed by atoms with E-state index >= 15 is 0 Å². The third kappa shape index (κ3) is 6.01. The van der Waals surface area contributed by atoms with Crippen molar-refractivity contribution in [2.24, 2.45) is 4.99 Å². The van der Waals surface area contributed by atoms with Crippen molar-refractivity contribution in [1.82, 2.24) is 15.6 Å². The van der Waals surface area contributed by atoms with Crippen LogP contribution in [0.15, 0.2) is 53.7 Å². The van der Waals surface area contributed by atoms with Crippen molar-refractivity contribution in [3.05, 3.63) is 65.5 Å². The van der Waals surface area contributed by atoms with Gasteiger partial charge in [-0.1, -0.05) is 37.3 Å². The molecule has 128 valence electrons. The molecule has 0 aliphatic rings. The van der Waals surface area contributed by atoms with Crippen molar-refractivity contribution in [2.45, 2.75) is 33.0 Å². The molecule has 0 saturated carbocycles. The van der Waals surface area contributed by atoms with Crippen LogP contribution in [0.1, 0.15) is 30.2 Å². The molecule has 5 nitrogen and oxygen atoms in total. The van der Waals surface area contributed by atoms with Gasteiger partial charge >= 0.3 is 0 Å². The Bertz CT molecular complexity index is 628. The quantitative estimate of drug-likeness (QED) is 0.445. The second-order valence-corrected chi connectivity index (χ2v) is 5.42. The van der Waals surface area contributed by atoms with Gasteiger partial charge in [-0.05, 0) is 29.7 Å². The Kier molecular flexibility index (Phi) is 7.77. The van der Waals surface area contributed by atoms with Gasteiger partial charge in [0, 0.05) is 26.4 Å². The van der Waals surface area contributed by atoms with Gasteiger partial charge in [-0.25, -0.2) is 0 Å². The number of rotatable bonds is 8. The monoisotopic (exact) mass is 326 g/mol. The maximum Gasteiger partial charge on any atom is 0.191 e. The Labute approximate surface area is 144 Å². The smallest absolute Gasteiger partial charge is 0.191 e. The van der Waals surface area contributed by atoms with Crippen molar-refractivity contribution in [1.29, 1.82) is 0 Å². The zero-order valence-electron chi connectivity index (χ0n) is 14.5. The molecule has 0 saturated heterocycles. The highest BCUT2D eigenvalue weighted by Crippen LogP contribution is 2.10. The topological polar surface area (TPSA) is 58.5 Å². The van der Waals surface area contributed by atoms with E-state index in [4.69, 9.17) is 4.74 Å². The zero-order chi connectivity index (χ0) is 17.0. The Morgan fingerprint density at radius 1 is 1.04 bits per heavy atom. The van der Waals surface area contributed by atoms with E-state index < -0.39 is 0 Å². The number of pyridine rings is 1. The number of ether oxygens (including phenoxy) is 1. The Hall–Kier alpha value is -2.40. The fourth-order valence-electron chi connectivity index (χ4n) is 2.27. The van der Waals surface area contributed by atoms with E-state index in [2.05, 4.69) is 39.7 Å². The maximum atomic E-state index is 5.67. The number of hydrogen-bond donors (Lipinski definition) is 2. The molecule has 0 spiro atoms. The molecule has 0 bridgehead atoms. The minimum atomic E-state index is 0.641. The zero-order valence-corrected chi connectivity index (χ0v) is 14.5. The summed E-state index contributed by atoms with van der Waals surface area (Å²) < 4.78 is 5.67. The number of hydrogen-bond acceptors (Lipinski definition) is 3. The number of nitrogens with one attached hydrogen (secondary N) is 2. The molecule has 1 heterocycles. The summed E-state index contributed by atoms with van der Waals surface area (Å²) in [5.41, 5.74) is 3.40. The van der Waals surface area contributed by atoms with Crippen LogP contribution in [-0.4, -0.2) is 24.6 Å². The van der Waals surface area contributed by atoms with Gasteiger partial charge in [-0.3, -0.25) is 9.98 Å². The van der Waals surface area contributed by atoms with Crippen LogP contribution >= 0.6 is 0 Å². The molecule has 2 aromatic rings. The predicted molar refractivity (Wildman–Crippen MR) is 97.7 cm³/mol. The first-order valence-corrected chi connectivity index (χ1v) is 8.32. The largest absolute Gasteiger partial charge is 0.377 e. The van der Waals surface area contributed by atoms with Gasteiger partial charge in [0.1, 0.15) is 0 Å². The van der Waals surface area contributed by atoms with E-state index in [9.17, 15) is 0 Å². The lowest BCUT2D eigenvalue weighted by atomic mass is 10.1. The van der Waals surface area contributed by atoms with E-state index in [1.54, 1.807) is 13.2 Å². The average Bonchev–Trinajstić information content (AvgIpc) is 2.64. The van der Waals surface area contributed by atoms with Gasteiger partial charge in [-0.15, -0.1) is 0 Å². The summed E-state index contributed by atoms with van der Waals surface area (Å²) in [5, 5.41) is 6.62. The second kappa shape index (κ2) is 10.4. The minimum absolute atomic E-state index is 0.641. The van der Waals surface area contributed by atoms with E-state index in [1.165, 1.54) is 11.1 Å². The lowest BCUT2D eigenvalue weighted by Gasteiger charge is -2.14. The second-order valence-electron chi connectivity index (χ2n) is 5.42. The summed E-state index contributed by atoms with van der Waals surface area (Å²) in [7, 11) is 1.77. The molecule has 0 amide bonds. The van der Waals surface area contributed by atoms with Crippen molar-refractivity contribution in [3.8, 4) is 0 Å². The molecule has 2 N–H and O–H groups in total. The normalized spacial score (nSPS) is 11.3. The van der Waals surface area contributed by atoms with Gasteiger partial charge in [0.25, 0.3) is 0 Å². The fourth-order valence-corrected chi connectivity index (χ4v) is 2.27. The molecule has 0 aliphatic heterocycles. The lowest BCUT2D eigenvalue weighted by Crippen LogP contribution is -2.36. The van der Waals surface area contributed by atoms with Crippen LogP contribution in [0.2, 0.25) is 0 Å². The molecule has 1 aromatic carbocycles. The highest BCUT2D eigenvalue weighted by molar-refractivity contribution is 5.79. The van der Waals surface area contributed by atoms with Gasteiger partial charge in [-0.2, -0.15) is 0 Å². The van der Waals surface area contributed by atoms with Crippen LogP contribution in [-0.2, 0) is 24.4 Å².